The molecule has 0 radical (unpaired) electrons. The van der Waals surface area contributed by atoms with Crippen molar-refractivity contribution in [3.05, 3.63) is 81.7 Å². The van der Waals surface area contributed by atoms with Crippen LogP contribution in [0.1, 0.15) is 29.5 Å². The summed E-state index contributed by atoms with van der Waals surface area (Å²) in [7, 11) is 0. The Kier molecular flexibility index (Phi) is 5.54. The molecule has 6 nitrogen and oxygen atoms in total. The summed E-state index contributed by atoms with van der Waals surface area (Å²) in [5.41, 5.74) is 3.20. The van der Waals surface area contributed by atoms with E-state index in [0.29, 0.717) is 18.1 Å². The Morgan fingerprint density at radius 2 is 1.90 bits per heavy atom. The van der Waals surface area contributed by atoms with Crippen molar-refractivity contribution in [2.24, 2.45) is 5.10 Å². The maximum absolute atomic E-state index is 13.0. The first-order chi connectivity index (χ1) is 14.4. The molecule has 0 aliphatic carbocycles. The van der Waals surface area contributed by atoms with Gasteiger partial charge in [-0.05, 0) is 37.1 Å². The first-order valence-corrected chi connectivity index (χ1v) is 10.3. The van der Waals surface area contributed by atoms with Gasteiger partial charge >= 0.3 is 0 Å². The van der Waals surface area contributed by atoms with Gasteiger partial charge in [-0.3, -0.25) is 9.80 Å². The molecule has 7 heteroatoms. The highest BCUT2D eigenvalue weighted by atomic mass is 35.5. The van der Waals surface area contributed by atoms with E-state index in [0.717, 1.165) is 16.7 Å². The molecule has 3 unspecified atom stereocenters. The average molecular weight is 426 g/mol. The summed E-state index contributed by atoms with van der Waals surface area (Å²) in [6.45, 7) is 4.83. The average Bonchev–Trinajstić information content (AvgIpc) is 2.72. The van der Waals surface area contributed by atoms with Gasteiger partial charge in [0.1, 0.15) is 6.10 Å². The molecule has 2 aromatic rings. The number of hydrogen-bond acceptors (Lipinski definition) is 5. The quantitative estimate of drug-likeness (QED) is 0.786. The van der Waals surface area contributed by atoms with Gasteiger partial charge in [-0.15, -0.1) is 0 Å². The number of benzene rings is 2. The number of halogens is 1. The maximum atomic E-state index is 13.0. The Hall–Kier alpha value is -2.83. The van der Waals surface area contributed by atoms with Gasteiger partial charge in [0.05, 0.1) is 12.3 Å². The Balaban J connectivity index is 1.89. The van der Waals surface area contributed by atoms with Gasteiger partial charge in [0.25, 0.3) is 5.91 Å². The summed E-state index contributed by atoms with van der Waals surface area (Å²) in [6.07, 6.45) is -0.0346. The lowest BCUT2D eigenvalue weighted by Gasteiger charge is -2.45. The number of fused-ring (bicyclic) bond motifs is 1. The van der Waals surface area contributed by atoms with Gasteiger partial charge in [0.15, 0.2) is 11.5 Å². The summed E-state index contributed by atoms with van der Waals surface area (Å²) < 4.78 is 0. The molecular formula is C23H24ClN3O3. The van der Waals surface area contributed by atoms with Gasteiger partial charge in [-0.2, -0.15) is 5.10 Å². The highest BCUT2D eigenvalue weighted by Gasteiger charge is 2.44. The predicted octanol–water partition coefficient (Wildman–Crippen LogP) is 3.44. The van der Waals surface area contributed by atoms with E-state index in [9.17, 15) is 15.0 Å². The number of amides is 1. The third-order valence-corrected chi connectivity index (χ3v) is 5.91. The molecule has 0 bridgehead atoms. The minimum Gasteiger partial charge on any atom is -0.507 e. The summed E-state index contributed by atoms with van der Waals surface area (Å²) in [5, 5.41) is 27.1. The minimum atomic E-state index is -1.29. The summed E-state index contributed by atoms with van der Waals surface area (Å²) in [5.74, 6) is -0.871. The molecule has 30 heavy (non-hydrogen) atoms. The van der Waals surface area contributed by atoms with E-state index in [1.165, 1.54) is 6.21 Å². The number of likely N-dealkylation sites (N-methyl/N-ethyl adjacent to an activating group) is 1. The standard InChI is InChI=1S/C23H24ClN3O3/c1-3-26-13-18(27-21(23(26)30)22(29)19(28)12-25-27)20(15-7-4-6-14(2)10-15)16-8-5-9-17(24)11-16/h4-12,18-20,28-29H,3,13H2,1-2H3. The second kappa shape index (κ2) is 8.13. The number of carbonyl (C=O) groups excluding carboxylic acids is 1. The van der Waals surface area contributed by atoms with Crippen LogP contribution in [0, 0.1) is 6.92 Å². The molecule has 0 aromatic heterocycles. The Bertz CT molecular complexity index is 990. The van der Waals surface area contributed by atoms with Crippen molar-refractivity contribution in [2.75, 3.05) is 13.1 Å². The van der Waals surface area contributed by atoms with Gasteiger partial charge < -0.3 is 15.1 Å². The van der Waals surface area contributed by atoms with Crippen molar-refractivity contribution in [3.8, 4) is 0 Å². The van der Waals surface area contributed by atoms with Crippen molar-refractivity contribution >= 4 is 23.7 Å². The van der Waals surface area contributed by atoms with Gasteiger partial charge in [0, 0.05) is 24.0 Å². The SMILES string of the molecule is CCN1CC(C(c2cccc(C)c2)c2cccc(Cl)c2)N2N=CC(O)C(O)=C2C1=O. The second-order valence-corrected chi connectivity index (χ2v) is 8.08. The number of aryl methyl sites for hydroxylation is 1. The smallest absolute Gasteiger partial charge is 0.275 e. The molecule has 0 spiro atoms. The fraction of sp³-hybridized carbons (Fsp3) is 0.304. The van der Waals surface area contributed by atoms with Crippen LogP contribution < -0.4 is 0 Å². The van der Waals surface area contributed by atoms with Gasteiger partial charge in [0.2, 0.25) is 0 Å². The normalized spacial score (nSPS) is 22.3. The largest absolute Gasteiger partial charge is 0.507 e. The van der Waals surface area contributed by atoms with Crippen molar-refractivity contribution < 1.29 is 15.0 Å². The first-order valence-electron chi connectivity index (χ1n) is 9.96. The molecule has 3 atom stereocenters. The zero-order valence-corrected chi connectivity index (χ0v) is 17.6. The van der Waals surface area contributed by atoms with E-state index >= 15 is 0 Å². The van der Waals surface area contributed by atoms with Crippen LogP contribution in [0.5, 0.6) is 0 Å². The number of nitrogens with zero attached hydrogens (tertiary/aromatic N) is 3. The molecule has 1 fully saturated rings. The van der Waals surface area contributed by atoms with E-state index in [1.807, 2.05) is 50.2 Å². The number of aliphatic hydroxyl groups is 2. The predicted molar refractivity (Wildman–Crippen MR) is 117 cm³/mol. The number of hydrazone groups is 1. The highest BCUT2D eigenvalue weighted by Crippen LogP contribution is 2.38. The zero-order chi connectivity index (χ0) is 21.4. The van der Waals surface area contributed by atoms with E-state index in [2.05, 4.69) is 17.2 Å². The van der Waals surface area contributed by atoms with Crippen LogP contribution in [0.3, 0.4) is 0 Å². The summed E-state index contributed by atoms with van der Waals surface area (Å²) in [4.78, 5) is 14.6. The van der Waals surface area contributed by atoms with Crippen LogP contribution in [0.25, 0.3) is 0 Å². The Morgan fingerprint density at radius 1 is 1.20 bits per heavy atom. The van der Waals surface area contributed by atoms with E-state index in [-0.39, 0.29) is 29.3 Å². The number of carbonyl (C=O) groups is 1. The Labute approximate surface area is 180 Å². The number of rotatable bonds is 4. The molecule has 1 saturated heterocycles. The summed E-state index contributed by atoms with van der Waals surface area (Å²) >= 11 is 6.32. The molecule has 2 aliphatic rings. The van der Waals surface area contributed by atoms with Crippen LogP contribution in [-0.4, -0.2) is 57.5 Å². The van der Waals surface area contributed by atoms with E-state index in [1.54, 1.807) is 9.91 Å². The lowest BCUT2D eigenvalue weighted by molar-refractivity contribution is -0.134. The molecule has 1 amide bonds. The molecule has 156 valence electrons. The lowest BCUT2D eigenvalue weighted by atomic mass is 9.82. The third kappa shape index (κ3) is 3.57. The molecule has 2 aromatic carbocycles. The van der Waals surface area contributed by atoms with Crippen molar-refractivity contribution in [3.63, 3.8) is 0 Å². The number of aliphatic hydroxyl groups excluding tert-OH is 2. The van der Waals surface area contributed by atoms with Gasteiger partial charge in [-0.1, -0.05) is 53.6 Å². The van der Waals surface area contributed by atoms with E-state index < -0.39 is 6.10 Å². The van der Waals surface area contributed by atoms with Crippen LogP contribution in [-0.2, 0) is 4.79 Å². The van der Waals surface area contributed by atoms with Crippen molar-refractivity contribution in [1.29, 1.82) is 0 Å². The number of hydrogen-bond donors (Lipinski definition) is 2. The number of piperazine rings is 1. The highest BCUT2D eigenvalue weighted by molar-refractivity contribution is 6.30. The molecular weight excluding hydrogens is 402 g/mol. The molecule has 2 N–H and O–H groups in total. The fourth-order valence-corrected chi connectivity index (χ4v) is 4.43. The van der Waals surface area contributed by atoms with Crippen molar-refractivity contribution in [2.45, 2.75) is 31.9 Å². The maximum Gasteiger partial charge on any atom is 0.275 e. The molecule has 2 heterocycles. The molecule has 0 saturated carbocycles. The third-order valence-electron chi connectivity index (χ3n) is 5.67. The first kappa shape index (κ1) is 20.4. The van der Waals surface area contributed by atoms with Gasteiger partial charge in [-0.25, -0.2) is 0 Å². The Morgan fingerprint density at radius 3 is 2.57 bits per heavy atom. The topological polar surface area (TPSA) is 76.4 Å². The fourth-order valence-electron chi connectivity index (χ4n) is 4.24. The molecule has 4 rings (SSSR count). The van der Waals surface area contributed by atoms with E-state index in [4.69, 9.17) is 11.6 Å². The molecule has 2 aliphatic heterocycles. The van der Waals surface area contributed by atoms with Crippen LogP contribution in [0.15, 0.2) is 65.1 Å². The van der Waals surface area contributed by atoms with Crippen LogP contribution >= 0.6 is 11.6 Å². The van der Waals surface area contributed by atoms with Crippen LogP contribution in [0.4, 0.5) is 0 Å². The van der Waals surface area contributed by atoms with Crippen LogP contribution in [0.2, 0.25) is 5.02 Å². The monoisotopic (exact) mass is 425 g/mol. The lowest BCUT2D eigenvalue weighted by Crippen LogP contribution is -2.56. The summed E-state index contributed by atoms with van der Waals surface area (Å²) in [6, 6.07) is 15.6. The minimum absolute atomic E-state index is 0.0304. The zero-order valence-electron chi connectivity index (χ0n) is 16.9. The van der Waals surface area contributed by atoms with Crippen molar-refractivity contribution in [1.82, 2.24) is 9.91 Å². The second-order valence-electron chi connectivity index (χ2n) is 7.65.